The molecule has 0 amide bonds. The summed E-state index contributed by atoms with van der Waals surface area (Å²) in [5, 5.41) is 0. The SMILES string of the molecule is Cc1cccc(F)c1S(=O)(=O)NC(C)(C)CN. The number of sulfonamides is 1. The minimum atomic E-state index is -3.90. The molecule has 96 valence electrons. The Balaban J connectivity index is 3.24. The van der Waals surface area contributed by atoms with Crippen LogP contribution in [0.1, 0.15) is 19.4 Å². The number of nitrogens with one attached hydrogen (secondary N) is 1. The maximum absolute atomic E-state index is 13.6. The van der Waals surface area contributed by atoms with Crippen molar-refractivity contribution in [2.75, 3.05) is 6.54 Å². The Kier molecular flexibility index (Phi) is 3.91. The first-order valence-electron chi connectivity index (χ1n) is 5.19. The van der Waals surface area contributed by atoms with Crippen LogP contribution in [0.3, 0.4) is 0 Å². The summed E-state index contributed by atoms with van der Waals surface area (Å²) in [4.78, 5) is -0.318. The van der Waals surface area contributed by atoms with E-state index in [0.717, 1.165) is 6.07 Å². The molecule has 0 saturated heterocycles. The zero-order valence-electron chi connectivity index (χ0n) is 10.1. The molecule has 1 aromatic carbocycles. The summed E-state index contributed by atoms with van der Waals surface area (Å²) in [5.41, 5.74) is 5.00. The molecule has 0 saturated carbocycles. The molecule has 0 bridgehead atoms. The molecule has 0 spiro atoms. The molecular weight excluding hydrogens is 243 g/mol. The number of nitrogens with two attached hydrogens (primary N) is 1. The number of hydrogen-bond donors (Lipinski definition) is 2. The molecule has 6 heteroatoms. The molecule has 0 heterocycles. The summed E-state index contributed by atoms with van der Waals surface area (Å²) in [6.07, 6.45) is 0. The lowest BCUT2D eigenvalue weighted by Gasteiger charge is -2.24. The van der Waals surface area contributed by atoms with E-state index in [1.54, 1.807) is 26.8 Å². The molecule has 0 aliphatic carbocycles. The second-order valence-corrected chi connectivity index (χ2v) is 6.20. The van der Waals surface area contributed by atoms with Gasteiger partial charge in [0.1, 0.15) is 10.7 Å². The average Bonchev–Trinajstić information content (AvgIpc) is 2.15. The van der Waals surface area contributed by atoms with Gasteiger partial charge in [0.25, 0.3) is 0 Å². The summed E-state index contributed by atoms with van der Waals surface area (Å²) in [6.45, 7) is 4.95. The fourth-order valence-electron chi connectivity index (χ4n) is 1.41. The quantitative estimate of drug-likeness (QED) is 0.853. The lowest BCUT2D eigenvalue weighted by molar-refractivity contribution is 0.459. The van der Waals surface area contributed by atoms with E-state index >= 15 is 0 Å². The molecule has 0 aliphatic heterocycles. The monoisotopic (exact) mass is 260 g/mol. The van der Waals surface area contributed by atoms with E-state index in [1.807, 2.05) is 0 Å². The second kappa shape index (κ2) is 4.72. The Morgan fingerprint density at radius 1 is 1.41 bits per heavy atom. The van der Waals surface area contributed by atoms with Crippen molar-refractivity contribution >= 4 is 10.0 Å². The van der Waals surface area contributed by atoms with Crippen LogP contribution in [0.2, 0.25) is 0 Å². The van der Waals surface area contributed by atoms with Crippen LogP contribution in [0.15, 0.2) is 23.1 Å². The summed E-state index contributed by atoms with van der Waals surface area (Å²) in [5.74, 6) is -0.759. The second-order valence-electron chi connectivity index (χ2n) is 4.58. The smallest absolute Gasteiger partial charge is 0.244 e. The minimum absolute atomic E-state index is 0.125. The number of halogens is 1. The molecule has 1 rings (SSSR count). The van der Waals surface area contributed by atoms with Crippen molar-refractivity contribution in [1.82, 2.24) is 4.72 Å². The third kappa shape index (κ3) is 3.24. The zero-order valence-corrected chi connectivity index (χ0v) is 10.9. The lowest BCUT2D eigenvalue weighted by atomic mass is 10.1. The molecule has 0 atom stereocenters. The number of hydrogen-bond acceptors (Lipinski definition) is 3. The van der Waals surface area contributed by atoms with Gasteiger partial charge in [-0.15, -0.1) is 0 Å². The Hall–Kier alpha value is -0.980. The summed E-state index contributed by atoms with van der Waals surface area (Å²) >= 11 is 0. The van der Waals surface area contributed by atoms with Gasteiger partial charge in [0.2, 0.25) is 10.0 Å². The van der Waals surface area contributed by atoms with E-state index in [-0.39, 0.29) is 11.4 Å². The molecule has 0 fully saturated rings. The standard InChI is InChI=1S/C11H17FN2O2S/c1-8-5-4-6-9(12)10(8)17(15,16)14-11(2,3)7-13/h4-6,14H,7,13H2,1-3H3. The van der Waals surface area contributed by atoms with Crippen LogP contribution in [0.4, 0.5) is 4.39 Å². The van der Waals surface area contributed by atoms with Crippen molar-refractivity contribution in [3.05, 3.63) is 29.6 Å². The van der Waals surface area contributed by atoms with Gasteiger partial charge in [-0.3, -0.25) is 0 Å². The van der Waals surface area contributed by atoms with E-state index in [1.165, 1.54) is 6.07 Å². The number of rotatable bonds is 4. The predicted octanol–water partition coefficient (Wildman–Crippen LogP) is 1.15. The normalized spacial score (nSPS) is 12.8. The maximum Gasteiger partial charge on any atom is 0.244 e. The van der Waals surface area contributed by atoms with Gasteiger partial charge in [-0.1, -0.05) is 12.1 Å². The highest BCUT2D eigenvalue weighted by Crippen LogP contribution is 2.20. The lowest BCUT2D eigenvalue weighted by Crippen LogP contribution is -2.49. The fourth-order valence-corrected chi connectivity index (χ4v) is 3.14. The van der Waals surface area contributed by atoms with Crippen LogP contribution < -0.4 is 10.5 Å². The zero-order chi connectivity index (χ0) is 13.3. The van der Waals surface area contributed by atoms with Crippen molar-refractivity contribution in [2.45, 2.75) is 31.2 Å². The van der Waals surface area contributed by atoms with E-state index in [0.29, 0.717) is 5.56 Å². The topological polar surface area (TPSA) is 72.2 Å². The molecule has 3 N–H and O–H groups in total. The van der Waals surface area contributed by atoms with Crippen molar-refractivity contribution in [2.24, 2.45) is 5.73 Å². The van der Waals surface area contributed by atoms with Gasteiger partial charge in [0, 0.05) is 12.1 Å². The highest BCUT2D eigenvalue weighted by molar-refractivity contribution is 7.89. The van der Waals surface area contributed by atoms with E-state index in [4.69, 9.17) is 5.73 Å². The number of benzene rings is 1. The van der Waals surface area contributed by atoms with Crippen molar-refractivity contribution in [3.63, 3.8) is 0 Å². The van der Waals surface area contributed by atoms with E-state index in [9.17, 15) is 12.8 Å². The largest absolute Gasteiger partial charge is 0.329 e. The molecule has 17 heavy (non-hydrogen) atoms. The Morgan fingerprint density at radius 2 is 2.00 bits per heavy atom. The maximum atomic E-state index is 13.6. The molecule has 1 aromatic rings. The van der Waals surface area contributed by atoms with Crippen LogP contribution in [0, 0.1) is 12.7 Å². The van der Waals surface area contributed by atoms with Crippen molar-refractivity contribution in [3.8, 4) is 0 Å². The summed E-state index contributed by atoms with van der Waals surface area (Å²) in [6, 6.07) is 4.14. The predicted molar refractivity (Wildman–Crippen MR) is 64.6 cm³/mol. The van der Waals surface area contributed by atoms with Crippen LogP contribution in [0.5, 0.6) is 0 Å². The molecular formula is C11H17FN2O2S. The Morgan fingerprint density at radius 3 is 2.47 bits per heavy atom. The molecule has 0 radical (unpaired) electrons. The van der Waals surface area contributed by atoms with Gasteiger partial charge in [-0.05, 0) is 32.4 Å². The van der Waals surface area contributed by atoms with Crippen LogP contribution in [0.25, 0.3) is 0 Å². The first-order chi connectivity index (χ1) is 7.69. The average molecular weight is 260 g/mol. The van der Waals surface area contributed by atoms with E-state index in [2.05, 4.69) is 4.72 Å². The van der Waals surface area contributed by atoms with Crippen molar-refractivity contribution in [1.29, 1.82) is 0 Å². The third-order valence-electron chi connectivity index (χ3n) is 2.35. The van der Waals surface area contributed by atoms with E-state index < -0.39 is 21.4 Å². The van der Waals surface area contributed by atoms with Gasteiger partial charge in [-0.25, -0.2) is 17.5 Å². The first kappa shape index (κ1) is 14.1. The summed E-state index contributed by atoms with van der Waals surface area (Å²) in [7, 11) is -3.90. The van der Waals surface area contributed by atoms with Gasteiger partial charge in [0.15, 0.2) is 0 Å². The Labute approximate surface area is 101 Å². The van der Waals surface area contributed by atoms with Gasteiger partial charge < -0.3 is 5.73 Å². The first-order valence-corrected chi connectivity index (χ1v) is 6.67. The third-order valence-corrected chi connectivity index (χ3v) is 4.23. The molecule has 0 aliphatic rings. The van der Waals surface area contributed by atoms with Crippen LogP contribution in [-0.2, 0) is 10.0 Å². The van der Waals surface area contributed by atoms with Gasteiger partial charge in [0.05, 0.1) is 0 Å². The van der Waals surface area contributed by atoms with Crippen molar-refractivity contribution < 1.29 is 12.8 Å². The fraction of sp³-hybridized carbons (Fsp3) is 0.455. The minimum Gasteiger partial charge on any atom is -0.329 e. The van der Waals surface area contributed by atoms with Crippen LogP contribution >= 0.6 is 0 Å². The van der Waals surface area contributed by atoms with Gasteiger partial charge in [-0.2, -0.15) is 0 Å². The molecule has 4 nitrogen and oxygen atoms in total. The highest BCUT2D eigenvalue weighted by Gasteiger charge is 2.28. The summed E-state index contributed by atoms with van der Waals surface area (Å²) < 4.78 is 40.0. The highest BCUT2D eigenvalue weighted by atomic mass is 32.2. The number of aryl methyl sites for hydroxylation is 1. The van der Waals surface area contributed by atoms with Gasteiger partial charge >= 0.3 is 0 Å². The molecule has 0 unspecified atom stereocenters. The molecule has 0 aromatic heterocycles. The Bertz CT molecular complexity index is 492. The van der Waals surface area contributed by atoms with Crippen LogP contribution in [-0.4, -0.2) is 20.5 Å².